The van der Waals surface area contributed by atoms with Crippen LogP contribution in [0.4, 0.5) is 5.69 Å². The fraction of sp³-hybridized carbons (Fsp3) is 0.111. The summed E-state index contributed by atoms with van der Waals surface area (Å²) in [5.74, 6) is 0.852. The van der Waals surface area contributed by atoms with Crippen LogP contribution in [-0.4, -0.2) is 14.6 Å². The molecule has 22 heavy (non-hydrogen) atoms. The van der Waals surface area contributed by atoms with Gasteiger partial charge in [-0.25, -0.2) is 0 Å². The Hall–Kier alpha value is -2.88. The number of rotatable bonds is 1. The summed E-state index contributed by atoms with van der Waals surface area (Å²) in [6.07, 6.45) is 0. The molecule has 0 radical (unpaired) electrons. The number of fused-ring (bicyclic) bond motifs is 3. The largest absolute Gasteiger partial charge is 0.399 e. The maximum absolute atomic E-state index is 5.94. The van der Waals surface area contributed by atoms with Crippen molar-refractivity contribution in [3.63, 3.8) is 0 Å². The van der Waals surface area contributed by atoms with Crippen LogP contribution < -0.4 is 5.73 Å². The van der Waals surface area contributed by atoms with E-state index in [4.69, 9.17) is 5.73 Å². The van der Waals surface area contributed by atoms with Crippen LogP contribution >= 0.6 is 0 Å². The van der Waals surface area contributed by atoms with Gasteiger partial charge in [-0.05, 0) is 43.7 Å². The first-order valence-electron chi connectivity index (χ1n) is 7.24. The normalized spacial score (nSPS) is 11.4. The second kappa shape index (κ2) is 4.56. The fourth-order valence-corrected chi connectivity index (χ4v) is 2.85. The molecule has 2 aromatic carbocycles. The highest BCUT2D eigenvalue weighted by atomic mass is 15.2. The number of nitrogens with zero attached hydrogens (tertiary/aromatic N) is 3. The number of anilines is 1. The third-order valence-corrected chi connectivity index (χ3v) is 4.03. The quantitative estimate of drug-likeness (QED) is 0.543. The van der Waals surface area contributed by atoms with Crippen molar-refractivity contribution >= 4 is 22.2 Å². The van der Waals surface area contributed by atoms with E-state index < -0.39 is 0 Å². The number of benzene rings is 2. The van der Waals surface area contributed by atoms with Crippen molar-refractivity contribution in [3.05, 3.63) is 59.7 Å². The van der Waals surface area contributed by atoms with Gasteiger partial charge in [-0.3, -0.25) is 4.40 Å². The summed E-state index contributed by atoms with van der Waals surface area (Å²) in [5.41, 5.74) is 12.1. The lowest BCUT2D eigenvalue weighted by Gasteiger charge is -2.08. The van der Waals surface area contributed by atoms with Gasteiger partial charge in [0.15, 0.2) is 11.5 Å². The molecule has 0 unspecified atom stereocenters. The topological polar surface area (TPSA) is 56.2 Å². The van der Waals surface area contributed by atoms with Gasteiger partial charge < -0.3 is 5.73 Å². The Kier molecular flexibility index (Phi) is 2.66. The van der Waals surface area contributed by atoms with Crippen LogP contribution in [0.15, 0.2) is 48.5 Å². The van der Waals surface area contributed by atoms with Crippen LogP contribution in [0.5, 0.6) is 0 Å². The van der Waals surface area contributed by atoms with E-state index in [1.54, 1.807) is 0 Å². The molecule has 2 heterocycles. The zero-order valence-corrected chi connectivity index (χ0v) is 12.5. The lowest BCUT2D eigenvalue weighted by Crippen LogP contribution is -1.95. The van der Waals surface area contributed by atoms with Crippen LogP contribution in [0, 0.1) is 13.8 Å². The molecule has 0 bridgehead atoms. The molecule has 0 fully saturated rings. The third-order valence-electron chi connectivity index (χ3n) is 4.03. The number of pyridine rings is 1. The minimum Gasteiger partial charge on any atom is -0.399 e. The summed E-state index contributed by atoms with van der Waals surface area (Å²) in [6.45, 7) is 4.15. The first-order chi connectivity index (χ1) is 10.6. The molecule has 0 aliphatic heterocycles. The minimum absolute atomic E-state index is 0.764. The summed E-state index contributed by atoms with van der Waals surface area (Å²) in [6, 6.07) is 16.3. The first kappa shape index (κ1) is 12.8. The van der Waals surface area contributed by atoms with Crippen molar-refractivity contribution in [1.29, 1.82) is 0 Å². The van der Waals surface area contributed by atoms with Gasteiger partial charge in [0.25, 0.3) is 0 Å². The predicted octanol–water partition coefficient (Wildman–Crippen LogP) is 3.75. The Balaban J connectivity index is 2.11. The molecule has 0 saturated carbocycles. The second-order valence-corrected chi connectivity index (χ2v) is 5.69. The van der Waals surface area contributed by atoms with Crippen LogP contribution in [0.25, 0.3) is 27.9 Å². The van der Waals surface area contributed by atoms with Gasteiger partial charge in [0.05, 0.1) is 5.52 Å². The van der Waals surface area contributed by atoms with Crippen molar-refractivity contribution < 1.29 is 0 Å². The van der Waals surface area contributed by atoms with E-state index in [1.807, 2.05) is 24.3 Å². The zero-order valence-electron chi connectivity index (χ0n) is 12.5. The molecule has 2 aromatic heterocycles. The van der Waals surface area contributed by atoms with E-state index in [0.717, 1.165) is 39.2 Å². The van der Waals surface area contributed by atoms with Crippen LogP contribution in [-0.2, 0) is 0 Å². The monoisotopic (exact) mass is 288 g/mol. The average Bonchev–Trinajstić information content (AvgIpc) is 2.92. The number of nitrogens with two attached hydrogens (primary N) is 1. The molecule has 0 saturated heterocycles. The smallest absolute Gasteiger partial charge is 0.168 e. The predicted molar refractivity (Wildman–Crippen MR) is 89.8 cm³/mol. The molecule has 4 heteroatoms. The molecule has 4 aromatic rings. The summed E-state index contributed by atoms with van der Waals surface area (Å²) >= 11 is 0. The highest BCUT2D eigenvalue weighted by molar-refractivity contribution is 5.89. The van der Waals surface area contributed by atoms with Gasteiger partial charge in [0.2, 0.25) is 0 Å². The minimum atomic E-state index is 0.764. The zero-order chi connectivity index (χ0) is 15.3. The summed E-state index contributed by atoms with van der Waals surface area (Å²) in [5, 5.41) is 9.85. The molecule has 0 atom stereocenters. The maximum atomic E-state index is 5.94. The maximum Gasteiger partial charge on any atom is 0.168 e. The van der Waals surface area contributed by atoms with E-state index in [-0.39, 0.29) is 0 Å². The Morgan fingerprint density at radius 1 is 0.909 bits per heavy atom. The van der Waals surface area contributed by atoms with Gasteiger partial charge >= 0.3 is 0 Å². The standard InChI is InChI=1S/C18H16N4/c1-11-3-5-13(6-4-11)18-21-20-17-9-12(2)15-10-14(19)7-8-16(15)22(17)18/h3-10H,19H2,1-2H3. The van der Waals surface area contributed by atoms with Crippen molar-refractivity contribution in [3.8, 4) is 11.4 Å². The molecule has 0 aliphatic carbocycles. The SMILES string of the molecule is Cc1ccc(-c2nnc3cc(C)c4cc(N)ccc4n23)cc1. The van der Waals surface area contributed by atoms with Crippen LogP contribution in [0.3, 0.4) is 0 Å². The lowest BCUT2D eigenvalue weighted by molar-refractivity contribution is 1.12. The lowest BCUT2D eigenvalue weighted by atomic mass is 10.1. The van der Waals surface area contributed by atoms with Crippen LogP contribution in [0.2, 0.25) is 0 Å². The highest BCUT2D eigenvalue weighted by Crippen LogP contribution is 2.27. The Morgan fingerprint density at radius 2 is 1.68 bits per heavy atom. The molecule has 0 amide bonds. The highest BCUT2D eigenvalue weighted by Gasteiger charge is 2.12. The molecule has 4 rings (SSSR count). The fourth-order valence-electron chi connectivity index (χ4n) is 2.85. The van der Waals surface area contributed by atoms with Crippen molar-refractivity contribution in [2.24, 2.45) is 0 Å². The Morgan fingerprint density at radius 3 is 2.45 bits per heavy atom. The molecular weight excluding hydrogens is 272 g/mol. The van der Waals surface area contributed by atoms with E-state index in [1.165, 1.54) is 5.56 Å². The van der Waals surface area contributed by atoms with E-state index >= 15 is 0 Å². The summed E-state index contributed by atoms with van der Waals surface area (Å²) in [4.78, 5) is 0. The molecule has 108 valence electrons. The van der Waals surface area contributed by atoms with Crippen molar-refractivity contribution in [2.75, 3.05) is 5.73 Å². The first-order valence-corrected chi connectivity index (χ1v) is 7.24. The van der Waals surface area contributed by atoms with Crippen molar-refractivity contribution in [2.45, 2.75) is 13.8 Å². The summed E-state index contributed by atoms with van der Waals surface area (Å²) < 4.78 is 2.09. The Bertz CT molecular complexity index is 997. The number of aryl methyl sites for hydroxylation is 2. The second-order valence-electron chi connectivity index (χ2n) is 5.69. The number of nitrogen functional groups attached to an aromatic ring is 1. The van der Waals surface area contributed by atoms with Crippen molar-refractivity contribution in [1.82, 2.24) is 14.6 Å². The third kappa shape index (κ3) is 1.84. The molecule has 0 spiro atoms. The summed E-state index contributed by atoms with van der Waals surface area (Å²) in [7, 11) is 0. The van der Waals surface area contributed by atoms with E-state index in [9.17, 15) is 0 Å². The molecule has 2 N–H and O–H groups in total. The van der Waals surface area contributed by atoms with Gasteiger partial charge in [0.1, 0.15) is 0 Å². The average molecular weight is 288 g/mol. The van der Waals surface area contributed by atoms with Gasteiger partial charge in [-0.1, -0.05) is 29.8 Å². The molecule has 4 nitrogen and oxygen atoms in total. The molecule has 0 aliphatic rings. The van der Waals surface area contributed by atoms with E-state index in [2.05, 4.69) is 52.7 Å². The number of aromatic nitrogens is 3. The Labute approximate surface area is 128 Å². The van der Waals surface area contributed by atoms with Crippen LogP contribution in [0.1, 0.15) is 11.1 Å². The van der Waals surface area contributed by atoms with Gasteiger partial charge in [-0.15, -0.1) is 10.2 Å². The number of hydrogen-bond acceptors (Lipinski definition) is 3. The van der Waals surface area contributed by atoms with Gasteiger partial charge in [0, 0.05) is 16.6 Å². The van der Waals surface area contributed by atoms with E-state index in [0.29, 0.717) is 0 Å². The van der Waals surface area contributed by atoms with Gasteiger partial charge in [-0.2, -0.15) is 0 Å². The number of hydrogen-bond donors (Lipinski definition) is 1. The molecular formula is C18H16N4.